The van der Waals surface area contributed by atoms with E-state index in [1.807, 2.05) is 12.1 Å². The van der Waals surface area contributed by atoms with Crippen molar-refractivity contribution in [2.75, 3.05) is 11.9 Å². The number of nitriles is 1. The number of rotatable bonds is 5. The van der Waals surface area contributed by atoms with Gasteiger partial charge in [-0.1, -0.05) is 0 Å². The van der Waals surface area contributed by atoms with Gasteiger partial charge < -0.3 is 10.4 Å². The second-order valence-corrected chi connectivity index (χ2v) is 3.46. The molecule has 0 radical (unpaired) electrons. The van der Waals surface area contributed by atoms with Gasteiger partial charge in [-0.2, -0.15) is 5.26 Å². The molecule has 2 N–H and O–H groups in total. The van der Waals surface area contributed by atoms with Crippen LogP contribution in [0.3, 0.4) is 0 Å². The van der Waals surface area contributed by atoms with E-state index in [1.165, 1.54) is 0 Å². The molecule has 0 amide bonds. The second-order valence-electron chi connectivity index (χ2n) is 3.46. The monoisotopic (exact) mass is 205 g/mol. The zero-order valence-corrected chi connectivity index (χ0v) is 8.77. The van der Waals surface area contributed by atoms with Crippen molar-refractivity contribution in [2.45, 2.75) is 25.9 Å². The number of hydrogen-bond acceptors (Lipinski definition) is 4. The van der Waals surface area contributed by atoms with Gasteiger partial charge in [-0.05, 0) is 31.9 Å². The summed E-state index contributed by atoms with van der Waals surface area (Å²) in [7, 11) is 0. The van der Waals surface area contributed by atoms with Crippen LogP contribution < -0.4 is 5.32 Å². The third-order valence-corrected chi connectivity index (χ3v) is 2.01. The van der Waals surface area contributed by atoms with Crippen molar-refractivity contribution in [1.29, 1.82) is 5.26 Å². The Balaban J connectivity index is 2.29. The molecule has 0 bridgehead atoms. The highest BCUT2D eigenvalue weighted by Crippen LogP contribution is 2.06. The molecule has 0 saturated heterocycles. The van der Waals surface area contributed by atoms with E-state index in [1.54, 1.807) is 19.2 Å². The van der Waals surface area contributed by atoms with Crippen molar-refractivity contribution in [3.05, 3.63) is 24.0 Å². The molecule has 1 atom stereocenters. The fourth-order valence-corrected chi connectivity index (χ4v) is 1.19. The average Bonchev–Trinajstić information content (AvgIpc) is 2.25. The van der Waals surface area contributed by atoms with Crippen LogP contribution in [0.15, 0.2) is 18.3 Å². The van der Waals surface area contributed by atoms with Gasteiger partial charge in [0.05, 0.1) is 18.0 Å². The first-order valence-corrected chi connectivity index (χ1v) is 5.00. The summed E-state index contributed by atoms with van der Waals surface area (Å²) < 4.78 is 0. The van der Waals surface area contributed by atoms with Crippen LogP contribution in [0.25, 0.3) is 0 Å². The third-order valence-electron chi connectivity index (χ3n) is 2.01. The molecule has 0 aliphatic rings. The number of nitrogens with zero attached hydrogens (tertiary/aromatic N) is 2. The summed E-state index contributed by atoms with van der Waals surface area (Å²) in [6, 6.07) is 5.47. The van der Waals surface area contributed by atoms with Crippen molar-refractivity contribution in [3.63, 3.8) is 0 Å². The topological polar surface area (TPSA) is 68.9 Å². The standard InChI is InChI=1S/C11H15N3O/c1-9(15)3-2-6-13-11-5-4-10(7-12)14-8-11/h4-5,8-9,13,15H,2-3,6H2,1H3. The van der Waals surface area contributed by atoms with E-state index in [0.29, 0.717) is 5.69 Å². The van der Waals surface area contributed by atoms with Gasteiger partial charge in [-0.3, -0.25) is 0 Å². The largest absolute Gasteiger partial charge is 0.393 e. The Labute approximate surface area is 89.6 Å². The van der Waals surface area contributed by atoms with Gasteiger partial charge >= 0.3 is 0 Å². The summed E-state index contributed by atoms with van der Waals surface area (Å²) >= 11 is 0. The molecule has 0 fully saturated rings. The molecule has 0 aliphatic carbocycles. The van der Waals surface area contributed by atoms with Gasteiger partial charge in [0.25, 0.3) is 0 Å². The molecule has 0 spiro atoms. The van der Waals surface area contributed by atoms with Gasteiger partial charge in [-0.25, -0.2) is 4.98 Å². The van der Waals surface area contributed by atoms with Crippen molar-refractivity contribution >= 4 is 5.69 Å². The average molecular weight is 205 g/mol. The lowest BCUT2D eigenvalue weighted by Crippen LogP contribution is -2.06. The zero-order chi connectivity index (χ0) is 11.1. The van der Waals surface area contributed by atoms with E-state index < -0.39 is 0 Å². The van der Waals surface area contributed by atoms with Gasteiger partial charge in [0, 0.05) is 6.54 Å². The van der Waals surface area contributed by atoms with Crippen molar-refractivity contribution in [2.24, 2.45) is 0 Å². The molecule has 1 heterocycles. The Morgan fingerprint density at radius 3 is 2.93 bits per heavy atom. The van der Waals surface area contributed by atoms with Crippen LogP contribution in [0, 0.1) is 11.3 Å². The number of hydrogen-bond donors (Lipinski definition) is 2. The zero-order valence-electron chi connectivity index (χ0n) is 8.77. The highest BCUT2D eigenvalue weighted by molar-refractivity contribution is 5.42. The van der Waals surface area contributed by atoms with Crippen molar-refractivity contribution < 1.29 is 5.11 Å². The molecule has 1 rings (SSSR count). The van der Waals surface area contributed by atoms with Crippen LogP contribution in [0.2, 0.25) is 0 Å². The highest BCUT2D eigenvalue weighted by Gasteiger charge is 1.96. The lowest BCUT2D eigenvalue weighted by Gasteiger charge is -2.06. The van der Waals surface area contributed by atoms with E-state index in [0.717, 1.165) is 25.1 Å². The molecule has 15 heavy (non-hydrogen) atoms. The quantitative estimate of drug-likeness (QED) is 0.715. The van der Waals surface area contributed by atoms with E-state index >= 15 is 0 Å². The number of nitrogens with one attached hydrogen (secondary N) is 1. The van der Waals surface area contributed by atoms with Crippen LogP contribution in [0.1, 0.15) is 25.5 Å². The minimum absolute atomic E-state index is 0.245. The number of aromatic nitrogens is 1. The first kappa shape index (κ1) is 11.5. The Morgan fingerprint density at radius 2 is 2.40 bits per heavy atom. The maximum atomic E-state index is 9.04. The molecule has 1 aromatic heterocycles. The predicted molar refractivity (Wildman–Crippen MR) is 58.4 cm³/mol. The van der Waals surface area contributed by atoms with Crippen molar-refractivity contribution in [1.82, 2.24) is 4.98 Å². The summed E-state index contributed by atoms with van der Waals surface area (Å²) in [5.74, 6) is 0. The number of aliphatic hydroxyl groups excluding tert-OH is 1. The minimum atomic E-state index is -0.245. The lowest BCUT2D eigenvalue weighted by atomic mass is 10.2. The first-order chi connectivity index (χ1) is 7.22. The third kappa shape index (κ3) is 4.43. The molecule has 4 nitrogen and oxygen atoms in total. The molecule has 80 valence electrons. The fourth-order valence-electron chi connectivity index (χ4n) is 1.19. The van der Waals surface area contributed by atoms with Gasteiger partial charge in [0.2, 0.25) is 0 Å². The smallest absolute Gasteiger partial charge is 0.140 e. The number of anilines is 1. The van der Waals surface area contributed by atoms with Crippen LogP contribution in [-0.4, -0.2) is 22.7 Å². The van der Waals surface area contributed by atoms with Crippen LogP contribution in [0.4, 0.5) is 5.69 Å². The van der Waals surface area contributed by atoms with E-state index in [-0.39, 0.29) is 6.10 Å². The molecular formula is C11H15N3O. The van der Waals surface area contributed by atoms with Crippen molar-refractivity contribution in [3.8, 4) is 6.07 Å². The summed E-state index contributed by atoms with van der Waals surface area (Å²) in [5.41, 5.74) is 1.32. The van der Waals surface area contributed by atoms with Crippen LogP contribution in [0.5, 0.6) is 0 Å². The van der Waals surface area contributed by atoms with Gasteiger partial charge in [0.1, 0.15) is 11.8 Å². The number of aliphatic hydroxyl groups is 1. The summed E-state index contributed by atoms with van der Waals surface area (Å²) in [6.45, 7) is 2.59. The molecule has 4 heteroatoms. The van der Waals surface area contributed by atoms with Crippen LogP contribution >= 0.6 is 0 Å². The molecule has 0 aliphatic heterocycles. The molecule has 1 unspecified atom stereocenters. The Morgan fingerprint density at radius 1 is 1.60 bits per heavy atom. The molecule has 0 aromatic carbocycles. The maximum Gasteiger partial charge on any atom is 0.140 e. The highest BCUT2D eigenvalue weighted by atomic mass is 16.3. The van der Waals surface area contributed by atoms with Crippen LogP contribution in [-0.2, 0) is 0 Å². The van der Waals surface area contributed by atoms with Gasteiger partial charge in [-0.15, -0.1) is 0 Å². The second kappa shape index (κ2) is 5.99. The van der Waals surface area contributed by atoms with E-state index in [2.05, 4.69) is 10.3 Å². The van der Waals surface area contributed by atoms with E-state index in [4.69, 9.17) is 10.4 Å². The minimum Gasteiger partial charge on any atom is -0.393 e. The first-order valence-electron chi connectivity index (χ1n) is 5.00. The normalized spacial score (nSPS) is 11.8. The summed E-state index contributed by atoms with van der Waals surface area (Å²) in [5, 5.41) is 20.8. The Hall–Kier alpha value is -1.60. The summed E-state index contributed by atoms with van der Waals surface area (Å²) in [4.78, 5) is 3.94. The lowest BCUT2D eigenvalue weighted by molar-refractivity contribution is 0.183. The molecule has 0 saturated carbocycles. The Kier molecular flexibility index (Phi) is 4.58. The fraction of sp³-hybridized carbons (Fsp3) is 0.455. The Bertz CT molecular complexity index is 327. The van der Waals surface area contributed by atoms with E-state index in [9.17, 15) is 0 Å². The van der Waals surface area contributed by atoms with Gasteiger partial charge in [0.15, 0.2) is 0 Å². The molecule has 1 aromatic rings. The predicted octanol–water partition coefficient (Wildman–Crippen LogP) is 1.53. The maximum absolute atomic E-state index is 9.04. The SMILES string of the molecule is CC(O)CCCNc1ccc(C#N)nc1. The molecular weight excluding hydrogens is 190 g/mol. The number of pyridine rings is 1. The summed E-state index contributed by atoms with van der Waals surface area (Å²) in [6.07, 6.45) is 3.10.